The van der Waals surface area contributed by atoms with Crippen molar-refractivity contribution in [2.45, 2.75) is 45.9 Å². The summed E-state index contributed by atoms with van der Waals surface area (Å²) >= 11 is 0. The molecule has 1 aromatic rings. The molecule has 1 heterocycles. The second-order valence-electron chi connectivity index (χ2n) is 6.11. The highest BCUT2D eigenvalue weighted by Gasteiger charge is 2.21. The van der Waals surface area contributed by atoms with Crippen molar-refractivity contribution in [2.24, 2.45) is 5.73 Å². The van der Waals surface area contributed by atoms with E-state index >= 15 is 0 Å². The molecule has 0 saturated carbocycles. The number of carbonyl (C=O) groups excluding carboxylic acids is 1. The average Bonchev–Trinajstić information content (AvgIpc) is 2.38. The largest absolute Gasteiger partial charge is 0.473 e. The van der Waals surface area contributed by atoms with Crippen LogP contribution in [0.25, 0.3) is 0 Å². The summed E-state index contributed by atoms with van der Waals surface area (Å²) in [5.41, 5.74) is 5.47. The molecule has 0 aromatic carbocycles. The van der Waals surface area contributed by atoms with Crippen molar-refractivity contribution in [3.8, 4) is 5.88 Å². The number of carbonyl (C=O) groups is 1. The number of halogens is 1. The van der Waals surface area contributed by atoms with Crippen LogP contribution in [0.3, 0.4) is 0 Å². The number of pyridine rings is 1. The Morgan fingerprint density at radius 2 is 2.14 bits per heavy atom. The minimum atomic E-state index is -0.555. The van der Waals surface area contributed by atoms with Crippen LogP contribution in [0, 0.1) is 5.82 Å². The molecule has 22 heavy (non-hydrogen) atoms. The number of nitrogens with two attached hydrogens (primary N) is 1. The van der Waals surface area contributed by atoms with E-state index in [4.69, 9.17) is 15.2 Å². The third kappa shape index (κ3) is 5.85. The zero-order chi connectivity index (χ0) is 16.9. The summed E-state index contributed by atoms with van der Waals surface area (Å²) < 4.78 is 24.0. The van der Waals surface area contributed by atoms with Crippen LogP contribution in [0.4, 0.5) is 9.18 Å². The zero-order valence-corrected chi connectivity index (χ0v) is 13.7. The Balaban J connectivity index is 2.63. The Hall–Kier alpha value is -1.89. The van der Waals surface area contributed by atoms with Gasteiger partial charge in [-0.15, -0.1) is 0 Å². The van der Waals surface area contributed by atoms with E-state index < -0.39 is 17.5 Å². The number of rotatable bonds is 5. The lowest BCUT2D eigenvalue weighted by Gasteiger charge is -2.26. The molecule has 1 rings (SSSR count). The van der Waals surface area contributed by atoms with E-state index in [1.165, 1.54) is 11.0 Å². The van der Waals surface area contributed by atoms with Crippen LogP contribution in [0.1, 0.15) is 33.3 Å². The molecule has 0 saturated heterocycles. The molecule has 1 amide bonds. The normalized spacial score (nSPS) is 12.7. The van der Waals surface area contributed by atoms with Crippen LogP contribution >= 0.6 is 0 Å². The highest BCUT2D eigenvalue weighted by atomic mass is 19.1. The molecule has 0 bridgehead atoms. The van der Waals surface area contributed by atoms with Gasteiger partial charge in [0.15, 0.2) is 0 Å². The van der Waals surface area contributed by atoms with Crippen LogP contribution < -0.4 is 10.5 Å². The Kier molecular flexibility index (Phi) is 6.11. The van der Waals surface area contributed by atoms with E-state index in [0.29, 0.717) is 12.1 Å². The van der Waals surface area contributed by atoms with Crippen LogP contribution in [0.2, 0.25) is 0 Å². The van der Waals surface area contributed by atoms with E-state index in [0.717, 1.165) is 6.20 Å². The molecular weight excluding hydrogens is 289 g/mol. The maximum atomic E-state index is 13.1. The first-order chi connectivity index (χ1) is 10.1. The van der Waals surface area contributed by atoms with Gasteiger partial charge in [-0.2, -0.15) is 0 Å². The van der Waals surface area contributed by atoms with Crippen LogP contribution in [0.15, 0.2) is 12.3 Å². The van der Waals surface area contributed by atoms with Gasteiger partial charge in [-0.25, -0.2) is 14.2 Å². The van der Waals surface area contributed by atoms with Crippen molar-refractivity contribution < 1.29 is 18.7 Å². The summed E-state index contributed by atoms with van der Waals surface area (Å²) in [5.74, 6) is -0.194. The highest BCUT2D eigenvalue weighted by Crippen LogP contribution is 2.17. The van der Waals surface area contributed by atoms with Crippen molar-refractivity contribution in [3.63, 3.8) is 0 Å². The van der Waals surface area contributed by atoms with Gasteiger partial charge in [0.1, 0.15) is 17.5 Å². The number of hydrogen-bond acceptors (Lipinski definition) is 5. The van der Waals surface area contributed by atoms with Crippen molar-refractivity contribution in [1.82, 2.24) is 9.88 Å². The Morgan fingerprint density at radius 3 is 2.68 bits per heavy atom. The van der Waals surface area contributed by atoms with E-state index in [2.05, 4.69) is 4.98 Å². The SMILES string of the molecule is C[C@@H](CN(C)C(=O)OC(C)(C)C)Oc1ncc(F)cc1CN. The van der Waals surface area contributed by atoms with Gasteiger partial charge in [0.25, 0.3) is 0 Å². The predicted octanol–water partition coefficient (Wildman–Crippen LogP) is 2.31. The summed E-state index contributed by atoms with van der Waals surface area (Å²) in [6.45, 7) is 7.61. The Labute approximate surface area is 130 Å². The first-order valence-corrected chi connectivity index (χ1v) is 7.07. The van der Waals surface area contributed by atoms with Gasteiger partial charge in [0.2, 0.25) is 5.88 Å². The standard InChI is InChI=1S/C15H24FN3O3/c1-10(9-19(5)14(20)22-15(2,3)4)21-13-11(7-17)6-12(16)8-18-13/h6,8,10H,7,9,17H2,1-5H3/t10-/m0/s1. The molecule has 0 aliphatic rings. The summed E-state index contributed by atoms with van der Waals surface area (Å²) in [5, 5.41) is 0. The van der Waals surface area contributed by atoms with E-state index in [-0.39, 0.29) is 18.5 Å². The van der Waals surface area contributed by atoms with Crippen LogP contribution in [-0.2, 0) is 11.3 Å². The average molecular weight is 313 g/mol. The smallest absolute Gasteiger partial charge is 0.410 e. The molecule has 7 heteroatoms. The molecular formula is C15H24FN3O3. The lowest BCUT2D eigenvalue weighted by Crippen LogP contribution is -2.39. The second kappa shape index (κ2) is 7.40. The van der Waals surface area contributed by atoms with Crippen molar-refractivity contribution in [1.29, 1.82) is 0 Å². The molecule has 124 valence electrons. The summed E-state index contributed by atoms with van der Waals surface area (Å²) in [6.07, 6.45) is 0.286. The maximum Gasteiger partial charge on any atom is 0.410 e. The maximum absolute atomic E-state index is 13.1. The topological polar surface area (TPSA) is 77.7 Å². The fourth-order valence-electron chi connectivity index (χ4n) is 1.75. The molecule has 0 spiro atoms. The third-order valence-electron chi connectivity index (χ3n) is 2.66. The van der Waals surface area contributed by atoms with Gasteiger partial charge in [-0.1, -0.05) is 0 Å². The molecule has 0 aliphatic heterocycles. The molecule has 2 N–H and O–H groups in total. The number of likely N-dealkylation sites (N-methyl/N-ethyl adjacent to an activating group) is 1. The van der Waals surface area contributed by atoms with Crippen LogP contribution in [-0.4, -0.2) is 41.3 Å². The van der Waals surface area contributed by atoms with Gasteiger partial charge < -0.3 is 20.1 Å². The number of amides is 1. The monoisotopic (exact) mass is 313 g/mol. The molecule has 0 unspecified atom stereocenters. The van der Waals surface area contributed by atoms with Gasteiger partial charge >= 0.3 is 6.09 Å². The van der Waals surface area contributed by atoms with Crippen molar-refractivity contribution in [2.75, 3.05) is 13.6 Å². The van der Waals surface area contributed by atoms with Gasteiger partial charge in [-0.3, -0.25) is 0 Å². The fraction of sp³-hybridized carbons (Fsp3) is 0.600. The highest BCUT2D eigenvalue weighted by molar-refractivity contribution is 5.67. The number of ether oxygens (including phenoxy) is 2. The fourth-order valence-corrected chi connectivity index (χ4v) is 1.75. The minimum Gasteiger partial charge on any atom is -0.473 e. The summed E-state index contributed by atoms with van der Waals surface area (Å²) in [4.78, 5) is 17.2. The second-order valence-corrected chi connectivity index (χ2v) is 6.11. The number of hydrogen-bond donors (Lipinski definition) is 1. The van der Waals surface area contributed by atoms with Crippen molar-refractivity contribution >= 4 is 6.09 Å². The van der Waals surface area contributed by atoms with Gasteiger partial charge in [0, 0.05) is 19.2 Å². The Bertz CT molecular complexity index is 517. The molecule has 6 nitrogen and oxygen atoms in total. The van der Waals surface area contributed by atoms with E-state index in [9.17, 15) is 9.18 Å². The predicted molar refractivity (Wildman–Crippen MR) is 81.0 cm³/mol. The lowest BCUT2D eigenvalue weighted by atomic mass is 10.2. The molecule has 1 atom stereocenters. The Morgan fingerprint density at radius 1 is 1.50 bits per heavy atom. The first-order valence-electron chi connectivity index (χ1n) is 7.07. The van der Waals surface area contributed by atoms with E-state index in [1.54, 1.807) is 34.7 Å². The summed E-state index contributed by atoms with van der Waals surface area (Å²) in [6, 6.07) is 1.28. The lowest BCUT2D eigenvalue weighted by molar-refractivity contribution is 0.0235. The minimum absolute atomic E-state index is 0.120. The van der Waals surface area contributed by atoms with Gasteiger partial charge in [0.05, 0.1) is 12.7 Å². The molecule has 0 aliphatic carbocycles. The summed E-state index contributed by atoms with van der Waals surface area (Å²) in [7, 11) is 1.62. The third-order valence-corrected chi connectivity index (χ3v) is 2.66. The van der Waals surface area contributed by atoms with Gasteiger partial charge in [-0.05, 0) is 33.8 Å². The van der Waals surface area contributed by atoms with E-state index in [1.807, 2.05) is 0 Å². The molecule has 1 aromatic heterocycles. The quantitative estimate of drug-likeness (QED) is 0.902. The molecule has 0 radical (unpaired) electrons. The molecule has 0 fully saturated rings. The van der Waals surface area contributed by atoms with Crippen LogP contribution in [0.5, 0.6) is 5.88 Å². The first kappa shape index (κ1) is 18.2. The zero-order valence-electron chi connectivity index (χ0n) is 13.7. The number of aromatic nitrogens is 1. The van der Waals surface area contributed by atoms with Crippen molar-refractivity contribution in [3.05, 3.63) is 23.6 Å². The number of nitrogens with zero attached hydrogens (tertiary/aromatic N) is 2.